The number of nitrogens with one attached hydrogen (secondary N) is 1. The molecular formula is C25H27N5O3S2. The summed E-state index contributed by atoms with van der Waals surface area (Å²) in [5.74, 6) is 0.398. The summed E-state index contributed by atoms with van der Waals surface area (Å²) in [6.07, 6.45) is 3.44. The zero-order chi connectivity index (χ0) is 24.8. The van der Waals surface area contributed by atoms with E-state index in [1.54, 1.807) is 22.6 Å². The fourth-order valence-electron chi connectivity index (χ4n) is 3.58. The number of hydrogen-bond acceptors (Lipinski definition) is 7. The number of carbonyl (C=O) groups excluding carboxylic acids is 1. The molecule has 1 saturated heterocycles. The molecule has 10 heteroatoms. The highest BCUT2D eigenvalue weighted by molar-refractivity contribution is 7.99. The molecule has 1 aliphatic heterocycles. The summed E-state index contributed by atoms with van der Waals surface area (Å²) in [7, 11) is -1.49. The molecule has 35 heavy (non-hydrogen) atoms. The van der Waals surface area contributed by atoms with Gasteiger partial charge in [0.15, 0.2) is 0 Å². The zero-order valence-electron chi connectivity index (χ0n) is 19.4. The van der Waals surface area contributed by atoms with Gasteiger partial charge in [-0.1, -0.05) is 30.5 Å². The van der Waals surface area contributed by atoms with Gasteiger partial charge in [-0.2, -0.15) is 4.31 Å². The lowest BCUT2D eigenvalue weighted by Crippen LogP contribution is -2.46. The second kappa shape index (κ2) is 11.1. The number of likely N-dealkylation sites (N-methyl/N-ethyl adjacent to an activating group) is 1. The van der Waals surface area contributed by atoms with Crippen molar-refractivity contribution < 1.29 is 13.2 Å². The molecule has 0 spiro atoms. The molecule has 0 radical (unpaired) electrons. The van der Waals surface area contributed by atoms with Crippen LogP contribution in [0.2, 0.25) is 0 Å². The Morgan fingerprint density at radius 2 is 1.74 bits per heavy atom. The molecule has 1 fully saturated rings. The average molecular weight is 510 g/mol. The van der Waals surface area contributed by atoms with Crippen LogP contribution < -0.4 is 5.32 Å². The number of carbonyl (C=O) groups is 1. The Hall–Kier alpha value is -3.05. The number of amides is 1. The lowest BCUT2D eigenvalue weighted by atomic mass is 10.1. The molecule has 0 aliphatic carbocycles. The maximum Gasteiger partial charge on any atom is 0.247 e. The molecule has 1 N–H and O–H groups in total. The van der Waals surface area contributed by atoms with Crippen molar-refractivity contribution in [2.45, 2.75) is 21.2 Å². The molecule has 1 aliphatic rings. The lowest BCUT2D eigenvalue weighted by molar-refractivity contribution is -0.111. The van der Waals surface area contributed by atoms with E-state index in [1.807, 2.05) is 49.5 Å². The monoisotopic (exact) mass is 509 g/mol. The van der Waals surface area contributed by atoms with Crippen molar-refractivity contribution in [2.75, 3.05) is 38.5 Å². The summed E-state index contributed by atoms with van der Waals surface area (Å²) in [4.78, 5) is 23.8. The number of piperazine rings is 1. The van der Waals surface area contributed by atoms with Crippen LogP contribution in [0.25, 0.3) is 0 Å². The highest BCUT2D eigenvalue weighted by Gasteiger charge is 2.27. The summed E-state index contributed by atoms with van der Waals surface area (Å²) in [5.41, 5.74) is 1.63. The first kappa shape index (κ1) is 25.1. The van der Waals surface area contributed by atoms with E-state index >= 15 is 0 Å². The minimum absolute atomic E-state index is 0.254. The molecule has 2 heterocycles. The van der Waals surface area contributed by atoms with Crippen LogP contribution in [-0.2, 0) is 21.2 Å². The zero-order valence-corrected chi connectivity index (χ0v) is 21.1. The van der Waals surface area contributed by atoms with Crippen LogP contribution in [0.3, 0.4) is 0 Å². The first-order valence-electron chi connectivity index (χ1n) is 11.1. The minimum atomic E-state index is -3.48. The predicted octanol–water partition coefficient (Wildman–Crippen LogP) is 3.28. The summed E-state index contributed by atoms with van der Waals surface area (Å²) in [6.45, 7) is 5.92. The molecule has 2 aromatic carbocycles. The van der Waals surface area contributed by atoms with Crippen LogP contribution in [0.15, 0.2) is 88.3 Å². The molecule has 3 aromatic rings. The number of rotatable bonds is 8. The Morgan fingerprint density at radius 1 is 1.06 bits per heavy atom. The molecule has 8 nitrogen and oxygen atoms in total. The number of anilines is 1. The van der Waals surface area contributed by atoms with Gasteiger partial charge in [0, 0.05) is 49.4 Å². The van der Waals surface area contributed by atoms with Crippen molar-refractivity contribution in [2.24, 2.45) is 0 Å². The van der Waals surface area contributed by atoms with Crippen LogP contribution in [0.1, 0.15) is 11.4 Å². The molecule has 1 amide bonds. The second-order valence-electron chi connectivity index (χ2n) is 8.16. The van der Waals surface area contributed by atoms with Crippen molar-refractivity contribution >= 4 is 33.4 Å². The molecule has 0 saturated carbocycles. The molecule has 1 aromatic heterocycles. The van der Waals surface area contributed by atoms with Crippen LogP contribution >= 0.6 is 11.8 Å². The molecule has 182 valence electrons. The molecule has 0 atom stereocenters. The van der Waals surface area contributed by atoms with Gasteiger partial charge in [-0.25, -0.2) is 18.4 Å². The van der Waals surface area contributed by atoms with Crippen LogP contribution in [-0.4, -0.2) is 66.7 Å². The van der Waals surface area contributed by atoms with Crippen molar-refractivity contribution in [3.8, 4) is 0 Å². The first-order chi connectivity index (χ1) is 16.8. The first-order valence-corrected chi connectivity index (χ1v) is 13.4. The van der Waals surface area contributed by atoms with Crippen LogP contribution in [0.4, 0.5) is 5.69 Å². The smallest absolute Gasteiger partial charge is 0.247 e. The fraction of sp³-hybridized carbons (Fsp3) is 0.240. The highest BCUT2D eigenvalue weighted by Crippen LogP contribution is 2.27. The Balaban J connectivity index is 1.39. The Labute approximate surface area is 210 Å². The molecule has 0 unspecified atom stereocenters. The van der Waals surface area contributed by atoms with Gasteiger partial charge < -0.3 is 10.2 Å². The van der Waals surface area contributed by atoms with E-state index in [0.29, 0.717) is 35.9 Å². The van der Waals surface area contributed by atoms with Gasteiger partial charge in [-0.15, -0.1) is 0 Å². The van der Waals surface area contributed by atoms with E-state index in [2.05, 4.69) is 26.8 Å². The maximum absolute atomic E-state index is 12.9. The quantitative estimate of drug-likeness (QED) is 0.368. The van der Waals surface area contributed by atoms with Crippen molar-refractivity contribution in [3.05, 3.63) is 84.8 Å². The standard InChI is InChI=1S/C25H27N5O3S2/c1-3-24(31)27-20-6-8-21(9-7-20)34-25-12-13-26-23(28-25)18-19-4-10-22(11-5-19)35(32,33)30-16-14-29(2)15-17-30/h3-13H,1,14-18H2,2H3,(H,27,31). The Kier molecular flexibility index (Phi) is 7.97. The summed E-state index contributed by atoms with van der Waals surface area (Å²) in [6, 6.07) is 16.3. The van der Waals surface area contributed by atoms with E-state index in [4.69, 9.17) is 0 Å². The van der Waals surface area contributed by atoms with Crippen LogP contribution in [0.5, 0.6) is 0 Å². The van der Waals surface area contributed by atoms with Gasteiger partial charge in [-0.3, -0.25) is 4.79 Å². The van der Waals surface area contributed by atoms with Gasteiger partial charge in [-0.05, 0) is 61.2 Å². The van der Waals surface area contributed by atoms with Crippen molar-refractivity contribution in [1.82, 2.24) is 19.2 Å². The molecule has 4 rings (SSSR count). The number of sulfonamides is 1. The third-order valence-electron chi connectivity index (χ3n) is 5.60. The van der Waals surface area contributed by atoms with Crippen molar-refractivity contribution in [3.63, 3.8) is 0 Å². The van der Waals surface area contributed by atoms with Gasteiger partial charge in [0.2, 0.25) is 15.9 Å². The van der Waals surface area contributed by atoms with E-state index in [9.17, 15) is 13.2 Å². The highest BCUT2D eigenvalue weighted by atomic mass is 32.2. The summed E-state index contributed by atoms with van der Waals surface area (Å²) < 4.78 is 27.4. The van der Waals surface area contributed by atoms with E-state index in [1.165, 1.54) is 17.8 Å². The Morgan fingerprint density at radius 3 is 2.40 bits per heavy atom. The summed E-state index contributed by atoms with van der Waals surface area (Å²) >= 11 is 1.50. The normalized spacial score (nSPS) is 15.0. The molecule has 0 bridgehead atoms. The van der Waals surface area contributed by atoms with Gasteiger partial charge in [0.1, 0.15) is 10.9 Å². The van der Waals surface area contributed by atoms with E-state index in [0.717, 1.165) is 28.6 Å². The van der Waals surface area contributed by atoms with Crippen molar-refractivity contribution in [1.29, 1.82) is 0 Å². The van der Waals surface area contributed by atoms with Gasteiger partial charge in [0.25, 0.3) is 0 Å². The predicted molar refractivity (Wildman–Crippen MR) is 137 cm³/mol. The average Bonchev–Trinajstić information content (AvgIpc) is 2.86. The SMILES string of the molecule is C=CC(=O)Nc1ccc(Sc2ccnc(Cc3ccc(S(=O)(=O)N4CCN(C)CC4)cc3)n2)cc1. The molecular weight excluding hydrogens is 482 g/mol. The third kappa shape index (κ3) is 6.55. The number of aromatic nitrogens is 2. The van der Waals surface area contributed by atoms with Crippen LogP contribution in [0, 0.1) is 0 Å². The number of hydrogen-bond donors (Lipinski definition) is 1. The second-order valence-corrected chi connectivity index (χ2v) is 11.2. The number of nitrogens with zero attached hydrogens (tertiary/aromatic N) is 4. The summed E-state index contributed by atoms with van der Waals surface area (Å²) in [5, 5.41) is 3.52. The largest absolute Gasteiger partial charge is 0.323 e. The maximum atomic E-state index is 12.9. The topological polar surface area (TPSA) is 95.5 Å². The van der Waals surface area contributed by atoms with E-state index < -0.39 is 10.0 Å². The van der Waals surface area contributed by atoms with Gasteiger partial charge >= 0.3 is 0 Å². The van der Waals surface area contributed by atoms with Gasteiger partial charge in [0.05, 0.1) is 4.90 Å². The third-order valence-corrected chi connectivity index (χ3v) is 8.45. The number of benzene rings is 2. The lowest BCUT2D eigenvalue weighted by Gasteiger charge is -2.31. The fourth-order valence-corrected chi connectivity index (χ4v) is 5.80. The minimum Gasteiger partial charge on any atom is -0.323 e. The Bertz CT molecular complexity index is 1290. The van der Waals surface area contributed by atoms with E-state index in [-0.39, 0.29) is 5.91 Å².